The highest BCUT2D eigenvalue weighted by Crippen LogP contribution is 2.32. The summed E-state index contributed by atoms with van der Waals surface area (Å²) in [6.45, 7) is 5.99. The number of nitrogen functional groups attached to an aromatic ring is 1. The molecule has 226 valence electrons. The molecule has 1 saturated heterocycles. The first kappa shape index (κ1) is 29.1. The number of carbonyl (C=O) groups is 1. The summed E-state index contributed by atoms with van der Waals surface area (Å²) < 4.78 is 9.17. The summed E-state index contributed by atoms with van der Waals surface area (Å²) in [5.41, 5.74) is 7.39. The first-order chi connectivity index (χ1) is 21.2. The van der Waals surface area contributed by atoms with E-state index in [0.29, 0.717) is 54.0 Å². The molecule has 2 fully saturated rings. The van der Waals surface area contributed by atoms with Crippen molar-refractivity contribution in [1.82, 2.24) is 29.3 Å². The molecule has 0 radical (unpaired) electrons. The zero-order valence-electron chi connectivity index (χ0n) is 24.9. The van der Waals surface area contributed by atoms with E-state index < -0.39 is 0 Å². The Balaban J connectivity index is 1.20. The number of nitriles is 1. The van der Waals surface area contributed by atoms with Gasteiger partial charge >= 0.3 is 5.69 Å². The minimum atomic E-state index is -0.355. The number of hydrogen-bond acceptors (Lipinski definition) is 8. The van der Waals surface area contributed by atoms with Crippen molar-refractivity contribution >= 4 is 22.9 Å². The molecule has 0 unspecified atom stereocenters. The quantitative estimate of drug-likeness (QED) is 0.225. The van der Waals surface area contributed by atoms with E-state index in [1.54, 1.807) is 27.3 Å². The maximum absolute atomic E-state index is 14.0. The summed E-state index contributed by atoms with van der Waals surface area (Å²) in [5.74, 6) is 1.22. The van der Waals surface area contributed by atoms with Crippen LogP contribution in [0.1, 0.15) is 52.0 Å². The Morgan fingerprint density at radius 3 is 2.36 bits per heavy atom. The van der Waals surface area contributed by atoms with Crippen molar-refractivity contribution < 1.29 is 9.53 Å². The lowest BCUT2D eigenvalue weighted by molar-refractivity contribution is -0.118. The van der Waals surface area contributed by atoms with E-state index >= 15 is 0 Å². The van der Waals surface area contributed by atoms with Gasteiger partial charge in [-0.25, -0.2) is 14.8 Å². The molecule has 1 aliphatic carbocycles. The summed E-state index contributed by atoms with van der Waals surface area (Å²) in [7, 11) is 0. The number of likely N-dealkylation sites (tertiary alicyclic amines) is 1. The fraction of sp³-hybridized carbons (Fsp3) is 0.364. The molecule has 2 aromatic carbocycles. The minimum Gasteiger partial charge on any atom is -0.457 e. The number of imidazole rings is 1. The van der Waals surface area contributed by atoms with Gasteiger partial charge < -0.3 is 15.8 Å². The second-order valence-electron chi connectivity index (χ2n) is 12.0. The molecule has 1 amide bonds. The molecule has 0 bridgehead atoms. The van der Waals surface area contributed by atoms with E-state index in [2.05, 4.69) is 26.3 Å². The lowest BCUT2D eigenvalue weighted by atomic mass is 9.90. The van der Waals surface area contributed by atoms with Gasteiger partial charge in [-0.1, -0.05) is 18.2 Å². The number of rotatable bonds is 8. The standard InChI is InChI=1S/C33H36N8O3/c1-33(2,39-17-6-18-39)19-22(20-34)31(42)38-23-9-11-25(12-10-23)41-30-28(29(35)36-21-37-30)40(32(41)43)24-13-15-27(16-14-24)44-26-7-4-3-5-8-26/h3-5,7-8,13-16,19,21,23,25H,6,9-12,17-18H2,1-2H3,(H,38,42)(H2,35,36,37). The van der Waals surface area contributed by atoms with Crippen LogP contribution in [0, 0.1) is 11.3 Å². The number of fused-ring (bicyclic) bond motifs is 1. The smallest absolute Gasteiger partial charge is 0.335 e. The summed E-state index contributed by atoms with van der Waals surface area (Å²) in [6, 6.07) is 18.6. The van der Waals surface area contributed by atoms with Crippen LogP contribution in [0.2, 0.25) is 0 Å². The number of aromatic nitrogens is 4. The third kappa shape index (κ3) is 5.68. The maximum atomic E-state index is 14.0. The second-order valence-corrected chi connectivity index (χ2v) is 12.0. The second kappa shape index (κ2) is 12.0. The average Bonchev–Trinajstić information content (AvgIpc) is 3.29. The van der Waals surface area contributed by atoms with Crippen LogP contribution in [-0.2, 0) is 4.79 Å². The van der Waals surface area contributed by atoms with Crippen molar-refractivity contribution in [3.63, 3.8) is 0 Å². The Morgan fingerprint density at radius 2 is 1.73 bits per heavy atom. The van der Waals surface area contributed by atoms with Crippen LogP contribution < -0.4 is 21.5 Å². The van der Waals surface area contributed by atoms with Crippen molar-refractivity contribution in [2.24, 2.45) is 0 Å². The van der Waals surface area contributed by atoms with E-state index in [0.717, 1.165) is 19.5 Å². The molecule has 3 N–H and O–H groups in total. The molecule has 3 heterocycles. The normalized spacial score (nSPS) is 19.2. The average molecular weight is 593 g/mol. The maximum Gasteiger partial charge on any atom is 0.335 e. The topological polar surface area (TPSA) is 144 Å². The van der Waals surface area contributed by atoms with E-state index in [1.807, 2.05) is 56.3 Å². The molecule has 0 atom stereocenters. The number of hydrogen-bond donors (Lipinski definition) is 2. The number of para-hydroxylation sites is 1. The zero-order chi connectivity index (χ0) is 30.8. The summed E-state index contributed by atoms with van der Waals surface area (Å²) in [5, 5.41) is 12.8. The Kier molecular flexibility index (Phi) is 7.93. The SMILES string of the molecule is CC(C)(C=C(C#N)C(=O)NC1CCC(n2c(=O)n(-c3ccc(Oc4ccccc4)cc3)c3c(N)ncnc32)CC1)N1CCC1. The van der Waals surface area contributed by atoms with Crippen LogP contribution >= 0.6 is 0 Å². The van der Waals surface area contributed by atoms with Gasteiger partial charge in [-0.15, -0.1) is 0 Å². The van der Waals surface area contributed by atoms with Gasteiger partial charge in [0.05, 0.1) is 5.69 Å². The Morgan fingerprint density at radius 1 is 1.05 bits per heavy atom. The van der Waals surface area contributed by atoms with E-state index in [-0.39, 0.29) is 40.6 Å². The third-order valence-electron chi connectivity index (χ3n) is 8.69. The predicted octanol–water partition coefficient (Wildman–Crippen LogP) is 4.49. The van der Waals surface area contributed by atoms with Gasteiger partial charge in [0.25, 0.3) is 5.91 Å². The number of nitrogens with zero attached hydrogens (tertiary/aromatic N) is 6. The highest BCUT2D eigenvalue weighted by molar-refractivity contribution is 5.97. The third-order valence-corrected chi connectivity index (χ3v) is 8.69. The Hall–Kier alpha value is -4.95. The molecule has 1 saturated carbocycles. The molecule has 11 heteroatoms. The number of nitrogens with two attached hydrogens (primary N) is 1. The lowest BCUT2D eigenvalue weighted by Crippen LogP contribution is -2.51. The minimum absolute atomic E-state index is 0.0940. The van der Waals surface area contributed by atoms with Crippen LogP contribution in [0.25, 0.3) is 16.9 Å². The number of carbonyl (C=O) groups excluding carboxylic acids is 1. The Bertz CT molecular complexity index is 1790. The van der Waals surface area contributed by atoms with E-state index in [4.69, 9.17) is 10.5 Å². The number of anilines is 1. The van der Waals surface area contributed by atoms with Gasteiger partial charge in [0.1, 0.15) is 35.0 Å². The molecule has 6 rings (SSSR count). The molecule has 1 aliphatic heterocycles. The van der Waals surface area contributed by atoms with Crippen LogP contribution in [0.3, 0.4) is 0 Å². The van der Waals surface area contributed by atoms with Gasteiger partial charge in [-0.3, -0.25) is 18.8 Å². The van der Waals surface area contributed by atoms with Gasteiger partial charge in [-0.05, 0) is 88.4 Å². The van der Waals surface area contributed by atoms with Crippen molar-refractivity contribution in [2.45, 2.75) is 63.6 Å². The fourth-order valence-electron chi connectivity index (χ4n) is 6.15. The summed E-state index contributed by atoms with van der Waals surface area (Å²) in [4.78, 5) is 37.9. The van der Waals surface area contributed by atoms with Crippen LogP contribution in [0.4, 0.5) is 5.82 Å². The van der Waals surface area contributed by atoms with Crippen LogP contribution in [-0.4, -0.2) is 54.6 Å². The molecule has 0 spiro atoms. The molecule has 2 aliphatic rings. The first-order valence-electron chi connectivity index (χ1n) is 15.0. The predicted molar refractivity (Wildman–Crippen MR) is 167 cm³/mol. The van der Waals surface area contributed by atoms with E-state index in [9.17, 15) is 14.9 Å². The van der Waals surface area contributed by atoms with Crippen LogP contribution in [0.5, 0.6) is 11.5 Å². The van der Waals surface area contributed by atoms with Crippen molar-refractivity contribution in [3.05, 3.63) is 83.1 Å². The molecule has 4 aromatic rings. The monoisotopic (exact) mass is 592 g/mol. The molecular formula is C33H36N8O3. The molecule has 2 aromatic heterocycles. The highest BCUT2D eigenvalue weighted by atomic mass is 16.5. The van der Waals surface area contributed by atoms with Crippen molar-refractivity contribution in [1.29, 1.82) is 5.26 Å². The number of amides is 1. The van der Waals surface area contributed by atoms with Gasteiger partial charge in [0.2, 0.25) is 0 Å². The summed E-state index contributed by atoms with van der Waals surface area (Å²) >= 11 is 0. The van der Waals surface area contributed by atoms with Crippen LogP contribution in [0.15, 0.2) is 77.4 Å². The van der Waals surface area contributed by atoms with E-state index in [1.165, 1.54) is 6.33 Å². The fourth-order valence-corrected chi connectivity index (χ4v) is 6.15. The summed E-state index contributed by atoms with van der Waals surface area (Å²) in [6.07, 6.45) is 6.91. The van der Waals surface area contributed by atoms with Crippen molar-refractivity contribution in [2.75, 3.05) is 18.8 Å². The highest BCUT2D eigenvalue weighted by Gasteiger charge is 2.32. The Labute approximate surface area is 255 Å². The number of nitrogens with one attached hydrogen (secondary N) is 1. The lowest BCUT2D eigenvalue weighted by Gasteiger charge is -2.43. The largest absolute Gasteiger partial charge is 0.457 e. The molecular weight excluding hydrogens is 556 g/mol. The van der Waals surface area contributed by atoms with Gasteiger partial charge in [0, 0.05) is 30.7 Å². The van der Waals surface area contributed by atoms with Gasteiger partial charge in [-0.2, -0.15) is 5.26 Å². The van der Waals surface area contributed by atoms with Gasteiger partial charge in [0.15, 0.2) is 11.5 Å². The van der Waals surface area contributed by atoms with Crippen molar-refractivity contribution in [3.8, 4) is 23.3 Å². The first-order valence-corrected chi connectivity index (χ1v) is 15.0. The molecule has 11 nitrogen and oxygen atoms in total. The zero-order valence-corrected chi connectivity index (χ0v) is 24.9. The number of ether oxygens (including phenoxy) is 1. The molecule has 44 heavy (non-hydrogen) atoms. The number of benzene rings is 2.